The van der Waals surface area contributed by atoms with Crippen LogP contribution in [0.15, 0.2) is 24.3 Å². The van der Waals surface area contributed by atoms with Gasteiger partial charge in [-0.3, -0.25) is 9.59 Å². The van der Waals surface area contributed by atoms with E-state index in [0.717, 1.165) is 25.0 Å². The van der Waals surface area contributed by atoms with Crippen LogP contribution >= 0.6 is 0 Å². The van der Waals surface area contributed by atoms with Gasteiger partial charge in [0.15, 0.2) is 0 Å². The van der Waals surface area contributed by atoms with Crippen molar-refractivity contribution in [2.24, 2.45) is 11.8 Å². The summed E-state index contributed by atoms with van der Waals surface area (Å²) in [5, 5.41) is 9.19. The number of carboxylic acids is 1. The van der Waals surface area contributed by atoms with Crippen LogP contribution in [-0.2, 0) is 16.0 Å². The van der Waals surface area contributed by atoms with Gasteiger partial charge in [0.05, 0.1) is 5.92 Å². The summed E-state index contributed by atoms with van der Waals surface area (Å²) in [6.07, 6.45) is -2.09. The summed E-state index contributed by atoms with van der Waals surface area (Å²) in [6, 6.07) is 5.06. The van der Waals surface area contributed by atoms with E-state index in [1.807, 2.05) is 0 Å². The highest BCUT2D eigenvalue weighted by Gasteiger charge is 2.35. The molecule has 1 saturated carbocycles. The van der Waals surface area contributed by atoms with Crippen LogP contribution < -0.4 is 4.74 Å². The smallest absolute Gasteiger partial charge is 0.481 e. The Balaban J connectivity index is 2.00. The van der Waals surface area contributed by atoms with Crippen LogP contribution in [0.5, 0.6) is 5.75 Å². The van der Waals surface area contributed by atoms with E-state index in [0.29, 0.717) is 18.4 Å². The predicted molar refractivity (Wildman–Crippen MR) is 74.9 cm³/mol. The van der Waals surface area contributed by atoms with Gasteiger partial charge in [-0.05, 0) is 30.5 Å². The maximum absolute atomic E-state index is 12.3. The summed E-state index contributed by atoms with van der Waals surface area (Å²) in [6.45, 7) is 0. The van der Waals surface area contributed by atoms with Gasteiger partial charge in [-0.15, -0.1) is 13.2 Å². The van der Waals surface area contributed by atoms with Gasteiger partial charge in [-0.1, -0.05) is 25.0 Å². The van der Waals surface area contributed by atoms with E-state index in [2.05, 4.69) is 4.74 Å². The molecule has 7 heteroatoms. The molecule has 0 spiro atoms. The highest BCUT2D eigenvalue weighted by atomic mass is 19.4. The van der Waals surface area contributed by atoms with E-state index >= 15 is 0 Å². The van der Waals surface area contributed by atoms with Crippen LogP contribution in [0.1, 0.15) is 31.2 Å². The number of aliphatic carboxylic acids is 1. The van der Waals surface area contributed by atoms with E-state index in [-0.39, 0.29) is 18.0 Å². The molecule has 2 atom stereocenters. The second-order valence-corrected chi connectivity index (χ2v) is 5.67. The van der Waals surface area contributed by atoms with E-state index in [1.54, 1.807) is 0 Å². The molecular formula is C16H17F3O4. The molecule has 1 fully saturated rings. The molecule has 1 N–H and O–H groups in total. The second-order valence-electron chi connectivity index (χ2n) is 5.67. The molecule has 0 saturated heterocycles. The van der Waals surface area contributed by atoms with Gasteiger partial charge in [0.2, 0.25) is 0 Å². The maximum Gasteiger partial charge on any atom is 0.573 e. The first-order valence-electron chi connectivity index (χ1n) is 7.36. The fourth-order valence-electron chi connectivity index (χ4n) is 2.95. The number of hydrogen-bond donors (Lipinski definition) is 1. The van der Waals surface area contributed by atoms with Crippen LogP contribution in [0.3, 0.4) is 0 Å². The van der Waals surface area contributed by atoms with Gasteiger partial charge >= 0.3 is 12.3 Å². The molecule has 1 aromatic rings. The van der Waals surface area contributed by atoms with E-state index in [4.69, 9.17) is 0 Å². The molecule has 0 unspecified atom stereocenters. The molecule has 0 amide bonds. The largest absolute Gasteiger partial charge is 0.573 e. The predicted octanol–water partition coefficient (Wildman–Crippen LogP) is 3.59. The number of hydrogen-bond acceptors (Lipinski definition) is 3. The van der Waals surface area contributed by atoms with Crippen LogP contribution in [0.4, 0.5) is 13.2 Å². The Kier molecular flexibility index (Phi) is 5.28. The molecule has 1 aliphatic rings. The van der Waals surface area contributed by atoms with Crippen molar-refractivity contribution in [2.45, 2.75) is 38.5 Å². The minimum Gasteiger partial charge on any atom is -0.481 e. The number of halogens is 3. The lowest BCUT2D eigenvalue weighted by Crippen LogP contribution is -2.33. The number of alkyl halides is 3. The van der Waals surface area contributed by atoms with Gasteiger partial charge < -0.3 is 9.84 Å². The summed E-state index contributed by atoms with van der Waals surface area (Å²) >= 11 is 0. The number of rotatable bonds is 5. The summed E-state index contributed by atoms with van der Waals surface area (Å²) < 4.78 is 40.0. The molecule has 1 aromatic carbocycles. The molecule has 23 heavy (non-hydrogen) atoms. The number of carbonyl (C=O) groups is 2. The Morgan fingerprint density at radius 1 is 1.09 bits per heavy atom. The first kappa shape index (κ1) is 17.3. The lowest BCUT2D eigenvalue weighted by molar-refractivity contribution is -0.274. The number of carboxylic acid groups (broad SMARTS) is 1. The lowest BCUT2D eigenvalue weighted by Gasteiger charge is -2.27. The number of ether oxygens (including phenoxy) is 1. The molecule has 0 bridgehead atoms. The zero-order chi connectivity index (χ0) is 17.0. The van der Waals surface area contributed by atoms with E-state index in [9.17, 15) is 27.9 Å². The van der Waals surface area contributed by atoms with Crippen molar-refractivity contribution in [3.8, 4) is 5.75 Å². The van der Waals surface area contributed by atoms with Crippen LogP contribution in [0, 0.1) is 11.8 Å². The van der Waals surface area contributed by atoms with Crippen molar-refractivity contribution in [1.82, 2.24) is 0 Å². The average molecular weight is 330 g/mol. The maximum atomic E-state index is 12.3. The first-order chi connectivity index (χ1) is 10.8. The topological polar surface area (TPSA) is 63.6 Å². The summed E-state index contributed by atoms with van der Waals surface area (Å²) in [5.41, 5.74) is 0.541. The molecule has 0 aliphatic heterocycles. The minimum absolute atomic E-state index is 0.0146. The van der Waals surface area contributed by atoms with Gasteiger partial charge in [0.1, 0.15) is 11.5 Å². The second kappa shape index (κ2) is 7.02. The normalized spacial score (nSPS) is 21.7. The Morgan fingerprint density at radius 3 is 2.17 bits per heavy atom. The van der Waals surface area contributed by atoms with E-state index < -0.39 is 24.2 Å². The fraction of sp³-hybridized carbons (Fsp3) is 0.500. The quantitative estimate of drug-likeness (QED) is 0.896. The van der Waals surface area contributed by atoms with Crippen LogP contribution in [0.25, 0.3) is 0 Å². The summed E-state index contributed by atoms with van der Waals surface area (Å²) in [5.74, 6) is -2.68. The van der Waals surface area contributed by atoms with Crippen LogP contribution in [-0.4, -0.2) is 23.2 Å². The molecule has 4 nitrogen and oxygen atoms in total. The third kappa shape index (κ3) is 4.97. The molecular weight excluding hydrogens is 313 g/mol. The van der Waals surface area contributed by atoms with Crippen molar-refractivity contribution in [1.29, 1.82) is 0 Å². The fourth-order valence-corrected chi connectivity index (χ4v) is 2.95. The molecule has 2 rings (SSSR count). The molecule has 1 aliphatic carbocycles. The molecule has 126 valence electrons. The molecule has 0 heterocycles. The van der Waals surface area contributed by atoms with Gasteiger partial charge in [-0.2, -0.15) is 0 Å². The first-order valence-corrected chi connectivity index (χ1v) is 7.36. The minimum atomic E-state index is -4.76. The standard InChI is InChI=1S/C16H17F3O4/c17-16(18,19)23-11-7-5-10(6-8-11)9-14(20)12-3-1-2-4-13(12)15(21)22/h5-8,12-13H,1-4,9H2,(H,21,22)/t12-,13+/m0/s1. The summed E-state index contributed by atoms with van der Waals surface area (Å²) in [4.78, 5) is 23.5. The van der Waals surface area contributed by atoms with Crippen LogP contribution in [0.2, 0.25) is 0 Å². The highest BCUT2D eigenvalue weighted by Crippen LogP contribution is 2.32. The van der Waals surface area contributed by atoms with Crippen molar-refractivity contribution < 1.29 is 32.6 Å². The SMILES string of the molecule is O=C(Cc1ccc(OC(F)(F)F)cc1)[C@H]1CCCC[C@H]1C(=O)O. The number of Topliss-reactive ketones (excluding diaryl/α,β-unsaturated/α-hetero) is 1. The Labute approximate surface area is 131 Å². The number of ketones is 1. The van der Waals surface area contributed by atoms with Crippen molar-refractivity contribution in [3.63, 3.8) is 0 Å². The van der Waals surface area contributed by atoms with Crippen molar-refractivity contribution >= 4 is 11.8 Å². The Bertz CT molecular complexity index is 566. The Hall–Kier alpha value is -2.05. The Morgan fingerprint density at radius 2 is 1.65 bits per heavy atom. The van der Waals surface area contributed by atoms with E-state index in [1.165, 1.54) is 12.1 Å². The third-order valence-corrected chi connectivity index (χ3v) is 4.03. The highest BCUT2D eigenvalue weighted by molar-refractivity contribution is 5.88. The third-order valence-electron chi connectivity index (χ3n) is 4.03. The zero-order valence-electron chi connectivity index (χ0n) is 12.3. The number of benzene rings is 1. The van der Waals surface area contributed by atoms with Gasteiger partial charge in [0, 0.05) is 12.3 Å². The molecule has 0 aromatic heterocycles. The lowest BCUT2D eigenvalue weighted by atomic mass is 9.76. The zero-order valence-corrected chi connectivity index (χ0v) is 12.3. The van der Waals surface area contributed by atoms with Crippen molar-refractivity contribution in [3.05, 3.63) is 29.8 Å². The summed E-state index contributed by atoms with van der Waals surface area (Å²) in [7, 11) is 0. The monoisotopic (exact) mass is 330 g/mol. The molecule has 0 radical (unpaired) electrons. The van der Waals surface area contributed by atoms with Gasteiger partial charge in [0.25, 0.3) is 0 Å². The van der Waals surface area contributed by atoms with Gasteiger partial charge in [-0.25, -0.2) is 0 Å². The average Bonchev–Trinajstić information content (AvgIpc) is 2.47. The number of carbonyl (C=O) groups excluding carboxylic acids is 1. The van der Waals surface area contributed by atoms with Crippen molar-refractivity contribution in [2.75, 3.05) is 0 Å².